The molecule has 83 heavy (non-hydrogen) atoms. The largest absolute Gasteiger partial charge is 0.358 e. The fourth-order valence-electron chi connectivity index (χ4n) is 6.71. The summed E-state index contributed by atoms with van der Waals surface area (Å²) in [5.74, 6) is 0.503. The molecular weight excluding hydrogens is 1210 g/mol. The highest BCUT2D eigenvalue weighted by Gasteiger charge is 2.06. The average Bonchev–Trinajstić information content (AvgIpc) is 3.47. The molecule has 6 nitrogen and oxygen atoms in total. The van der Waals surface area contributed by atoms with Crippen molar-refractivity contribution >= 4 is 88.6 Å². The molecule has 0 amide bonds. The molecule has 16 unspecified atom stereocenters. The molecule has 0 aliphatic rings. The minimum atomic E-state index is -0.518. The first-order valence-electron chi connectivity index (χ1n) is 29.8. The van der Waals surface area contributed by atoms with Gasteiger partial charge in [0.2, 0.25) is 0 Å². The van der Waals surface area contributed by atoms with E-state index in [1.807, 2.05) is 12.2 Å². The van der Waals surface area contributed by atoms with E-state index in [2.05, 4.69) is 319 Å². The summed E-state index contributed by atoms with van der Waals surface area (Å²) in [6.45, 7) is 15.2. The van der Waals surface area contributed by atoms with E-state index in [4.69, 9.17) is 27.1 Å². The average molecular weight is 1330 g/mol. The van der Waals surface area contributed by atoms with Crippen molar-refractivity contribution in [1.29, 1.82) is 0 Å². The number of rotatable bonds is 48. The van der Waals surface area contributed by atoms with E-state index in [-0.39, 0.29) is 36.6 Å². The molecule has 0 heterocycles. The fraction of sp³-hybridized carbons (Fsp3) is 0.463. The molecule has 0 rings (SSSR count). The number of hydrogen-bond acceptors (Lipinski definition) is 6. The lowest BCUT2D eigenvalue weighted by Crippen LogP contribution is -2.02. The van der Waals surface area contributed by atoms with E-state index in [9.17, 15) is 0 Å². The molecule has 0 saturated heterocycles. The highest BCUT2D eigenvalue weighted by atomic mass is 32.4. The van der Waals surface area contributed by atoms with Gasteiger partial charge in [-0.1, -0.05) is 322 Å². The molecule has 0 saturated carbocycles. The topological polar surface area (TPSA) is 55.4 Å². The van der Waals surface area contributed by atoms with Crippen molar-refractivity contribution in [3.05, 3.63) is 219 Å². The Bertz CT molecular complexity index is 1980. The second-order valence-electron chi connectivity index (χ2n) is 18.6. The third kappa shape index (κ3) is 68.7. The zero-order valence-electron chi connectivity index (χ0n) is 51.8. The molecule has 16 atom stereocenters. The van der Waals surface area contributed by atoms with E-state index in [0.29, 0.717) is 22.9 Å². The Morgan fingerprint density at radius 1 is 0.349 bits per heavy atom. The van der Waals surface area contributed by atoms with Crippen molar-refractivity contribution < 1.29 is 27.1 Å². The molecular formula is C67H114O6P10. The Morgan fingerprint density at radius 3 is 1.10 bits per heavy atom. The van der Waals surface area contributed by atoms with Gasteiger partial charge in [0.25, 0.3) is 0 Å². The van der Waals surface area contributed by atoms with Crippen LogP contribution in [-0.2, 0) is 27.1 Å². The molecule has 0 fully saturated rings. The highest BCUT2D eigenvalue weighted by molar-refractivity contribution is 8.41. The molecule has 0 aromatic rings. The maximum absolute atomic E-state index is 5.93. The van der Waals surface area contributed by atoms with E-state index < -0.39 is 7.53 Å². The predicted octanol–water partition coefficient (Wildman–Crippen LogP) is 23.8. The number of hydrogen-bond donors (Lipinski definition) is 0. The summed E-state index contributed by atoms with van der Waals surface area (Å²) in [6, 6.07) is 0. The minimum Gasteiger partial charge on any atom is -0.358 e. The van der Waals surface area contributed by atoms with Crippen molar-refractivity contribution in [3.63, 3.8) is 0 Å². The molecule has 16 heteroatoms. The molecule has 0 aliphatic heterocycles. The van der Waals surface area contributed by atoms with Crippen LogP contribution >= 0.6 is 88.6 Å². The number of unbranched alkanes of at least 4 members (excludes halogenated alkanes) is 1. The quantitative estimate of drug-likeness (QED) is 0.0344. The molecule has 0 aromatic carbocycles. The summed E-state index contributed by atoms with van der Waals surface area (Å²) in [6.07, 6.45) is 94.9. The van der Waals surface area contributed by atoms with Gasteiger partial charge in [-0.05, 0) is 95.8 Å². The van der Waals surface area contributed by atoms with E-state index in [0.717, 1.165) is 103 Å². The third-order valence-electron chi connectivity index (χ3n) is 11.1. The van der Waals surface area contributed by atoms with Gasteiger partial charge in [-0.3, -0.25) is 0 Å². The second kappa shape index (κ2) is 73.8. The SMILES string of the molecule is CC/C=C\CC(/C=C/C=C\C/C=C\C/C=C\C=C\C(CCC)OP)OPP.CC/C=C\CC(/C=C/C=C\C/C=C\C=C\C(C/C=C\CCC)OP)OPP.CC/C=C\CC(/C=C/C=C\CC(C)/C=C/C=C/C=C/C(CCC)OP)OP(P)P. The molecule has 0 aliphatic carbocycles. The first-order chi connectivity index (χ1) is 40.6. The Hall–Kier alpha value is -0.620. The van der Waals surface area contributed by atoms with Crippen LogP contribution in [0.3, 0.4) is 0 Å². The van der Waals surface area contributed by atoms with Crippen LogP contribution in [0.1, 0.15) is 158 Å². The molecule has 0 N–H and O–H groups in total. The predicted molar refractivity (Wildman–Crippen MR) is 407 cm³/mol. The summed E-state index contributed by atoms with van der Waals surface area (Å²) in [5, 5.41) is 0. The van der Waals surface area contributed by atoms with Gasteiger partial charge in [0, 0.05) is 45.4 Å². The van der Waals surface area contributed by atoms with Crippen LogP contribution in [0.25, 0.3) is 0 Å². The molecule has 0 aromatic heterocycles. The van der Waals surface area contributed by atoms with Crippen LogP contribution in [-0.4, -0.2) is 36.6 Å². The lowest BCUT2D eigenvalue weighted by atomic mass is 10.1. The van der Waals surface area contributed by atoms with Gasteiger partial charge in [-0.15, -0.1) is 0 Å². The van der Waals surface area contributed by atoms with Crippen LogP contribution in [0, 0.1) is 5.92 Å². The van der Waals surface area contributed by atoms with Gasteiger partial charge in [0.1, 0.15) is 0 Å². The first-order valence-corrected chi connectivity index (χ1v) is 41.1. The zero-order valence-corrected chi connectivity index (χ0v) is 62.8. The van der Waals surface area contributed by atoms with Gasteiger partial charge in [-0.2, -0.15) is 0 Å². The molecule has 0 spiro atoms. The first kappa shape index (κ1) is 86.6. The molecule has 468 valence electrons. The Kier molecular flexibility index (Phi) is 77.0. The third-order valence-corrected chi connectivity index (χ3v) is 15.1. The Morgan fingerprint density at radius 2 is 0.699 bits per heavy atom. The highest BCUT2D eigenvalue weighted by Crippen LogP contribution is 2.55. The van der Waals surface area contributed by atoms with Gasteiger partial charge in [-0.25, -0.2) is 0 Å². The molecule has 0 radical (unpaired) electrons. The van der Waals surface area contributed by atoms with Crippen molar-refractivity contribution in [2.24, 2.45) is 5.92 Å². The van der Waals surface area contributed by atoms with E-state index >= 15 is 0 Å². The van der Waals surface area contributed by atoms with E-state index in [1.165, 1.54) is 6.42 Å². The summed E-state index contributed by atoms with van der Waals surface area (Å²) in [4.78, 5) is 0. The maximum atomic E-state index is 5.93. The smallest absolute Gasteiger partial charge is 0.0844 e. The van der Waals surface area contributed by atoms with Crippen LogP contribution in [0.2, 0.25) is 0 Å². The van der Waals surface area contributed by atoms with Gasteiger partial charge < -0.3 is 27.1 Å². The second-order valence-corrected chi connectivity index (χ2v) is 27.6. The number of allylic oxidation sites excluding steroid dienone is 26. The minimum absolute atomic E-state index is 0.113. The maximum Gasteiger partial charge on any atom is 0.0844 e. The fourth-order valence-corrected chi connectivity index (χ4v) is 10.5. The van der Waals surface area contributed by atoms with Crippen molar-refractivity contribution in [3.8, 4) is 0 Å². The van der Waals surface area contributed by atoms with Gasteiger partial charge in [0.05, 0.1) is 44.1 Å². The lowest BCUT2D eigenvalue weighted by Gasteiger charge is -2.14. The van der Waals surface area contributed by atoms with Crippen LogP contribution < -0.4 is 0 Å². The Balaban J connectivity index is -0.00000116. The van der Waals surface area contributed by atoms with Crippen LogP contribution in [0.5, 0.6) is 0 Å². The summed E-state index contributed by atoms with van der Waals surface area (Å²) in [5.41, 5.74) is 0. The Labute approximate surface area is 531 Å². The monoisotopic (exact) mass is 1320 g/mol. The van der Waals surface area contributed by atoms with E-state index in [1.54, 1.807) is 0 Å². The summed E-state index contributed by atoms with van der Waals surface area (Å²) in [7, 11) is 18.1. The van der Waals surface area contributed by atoms with Crippen molar-refractivity contribution in [1.82, 2.24) is 0 Å². The lowest BCUT2D eigenvalue weighted by molar-refractivity contribution is 0.279. The normalized spacial score (nSPS) is 16.2. The van der Waals surface area contributed by atoms with Crippen molar-refractivity contribution in [2.75, 3.05) is 0 Å². The van der Waals surface area contributed by atoms with Crippen LogP contribution in [0.4, 0.5) is 0 Å². The van der Waals surface area contributed by atoms with Crippen molar-refractivity contribution in [2.45, 2.75) is 194 Å². The molecule has 0 bridgehead atoms. The summed E-state index contributed by atoms with van der Waals surface area (Å²) >= 11 is 0. The standard InChI is InChI=1S/C23H40O2P4.2C22H37O2P3/c1-4-6-10-19-23(25-29(27)28)20-14-9-12-17-21(3)16-11-7-8-13-18-22(24-26)15-5-2;1-3-5-14-19-22(24-27-26)20-16-13-11-9-7-6-8-10-12-15-18-21(23-25)17-4-2;1-3-5-7-14-17-21(23-25)18-15-11-9-8-10-12-16-20-22(24-27-26)19-13-6-4-2/h6-14,16,18,20-23H,4-5,15,17,19,26-28H2,1-3H3;5-7,10-16,18,20-22,27H,3-4,8-9,17,19,25-26H2,1-2H3;6-7,9-16,18,20-22,27H,3-5,8,17,19,25-26H2,1-2H3/b8-7+,10-6-,12-9-,16-11+,18-13+,20-14+;7-6-,12-10-,13-11-,14-5-,18-15+,20-16+;11-9-,12-10-,13-6-,14-7-,18-15+,20-16+. The van der Waals surface area contributed by atoms with Crippen LogP contribution in [0.15, 0.2) is 219 Å². The van der Waals surface area contributed by atoms with Gasteiger partial charge in [0.15, 0.2) is 0 Å². The van der Waals surface area contributed by atoms with Gasteiger partial charge >= 0.3 is 0 Å². The zero-order chi connectivity index (χ0) is 61.8. The summed E-state index contributed by atoms with van der Waals surface area (Å²) < 4.78 is 33.3.